The van der Waals surface area contributed by atoms with E-state index >= 15 is 0 Å². The molecular weight excluding hydrogens is 362 g/mol. The van der Waals surface area contributed by atoms with Gasteiger partial charge in [0.25, 0.3) is 0 Å². The molecule has 168 valence electrons. The van der Waals surface area contributed by atoms with E-state index in [-0.39, 0.29) is 0 Å². The summed E-state index contributed by atoms with van der Waals surface area (Å²) in [6.45, 7) is 15.2. The molecule has 1 heteroatoms. The van der Waals surface area contributed by atoms with Gasteiger partial charge in [-0.25, -0.2) is 0 Å². The Morgan fingerprint density at radius 2 is 1.70 bits per heavy atom. The molecular formula is C29H47N. The fourth-order valence-corrected chi connectivity index (χ4v) is 5.94. The van der Waals surface area contributed by atoms with Crippen LogP contribution in [-0.4, -0.2) is 12.6 Å². The summed E-state index contributed by atoms with van der Waals surface area (Å²) in [5, 5.41) is 3.92. The van der Waals surface area contributed by atoms with Crippen LogP contribution in [0.25, 0.3) is 0 Å². The fraction of sp³-hybridized carbons (Fsp3) is 0.724. The van der Waals surface area contributed by atoms with Gasteiger partial charge < -0.3 is 5.32 Å². The minimum absolute atomic E-state index is 0.564. The third kappa shape index (κ3) is 6.00. The molecule has 3 rings (SSSR count). The summed E-state index contributed by atoms with van der Waals surface area (Å²) < 4.78 is 0. The summed E-state index contributed by atoms with van der Waals surface area (Å²) in [6, 6.07) is 9.92. The largest absolute Gasteiger partial charge is 0.310 e. The first-order valence-corrected chi connectivity index (χ1v) is 13.0. The van der Waals surface area contributed by atoms with Gasteiger partial charge in [-0.2, -0.15) is 0 Å². The van der Waals surface area contributed by atoms with Crippen molar-refractivity contribution in [2.24, 2.45) is 23.7 Å². The van der Waals surface area contributed by atoms with E-state index in [1.165, 1.54) is 75.3 Å². The molecule has 1 aromatic carbocycles. The van der Waals surface area contributed by atoms with E-state index in [0.717, 1.165) is 30.2 Å². The van der Waals surface area contributed by atoms with Crippen molar-refractivity contribution in [2.45, 2.75) is 104 Å². The van der Waals surface area contributed by atoms with Crippen LogP contribution in [0.1, 0.15) is 103 Å². The van der Waals surface area contributed by atoms with Crippen molar-refractivity contribution in [3.05, 3.63) is 47.5 Å². The monoisotopic (exact) mass is 409 g/mol. The summed E-state index contributed by atoms with van der Waals surface area (Å²) in [4.78, 5) is 0. The van der Waals surface area contributed by atoms with Crippen LogP contribution >= 0.6 is 0 Å². The van der Waals surface area contributed by atoms with E-state index in [1.807, 2.05) is 0 Å². The normalized spacial score (nSPS) is 24.4. The van der Waals surface area contributed by atoms with E-state index in [9.17, 15) is 0 Å². The number of aryl methyl sites for hydroxylation is 1. The second kappa shape index (κ2) is 11.5. The Hall–Kier alpha value is -1.08. The van der Waals surface area contributed by atoms with Crippen LogP contribution in [0.5, 0.6) is 0 Å². The third-order valence-electron chi connectivity index (χ3n) is 8.20. The Kier molecular flexibility index (Phi) is 9.05. The second-order valence-corrected chi connectivity index (χ2v) is 10.7. The Morgan fingerprint density at radius 3 is 2.27 bits per heavy atom. The topological polar surface area (TPSA) is 12.0 Å². The molecule has 0 radical (unpaired) electrons. The Morgan fingerprint density at radius 1 is 1.00 bits per heavy atom. The molecule has 2 fully saturated rings. The van der Waals surface area contributed by atoms with Crippen LogP contribution in [0.3, 0.4) is 0 Å². The van der Waals surface area contributed by atoms with Crippen molar-refractivity contribution >= 4 is 0 Å². The molecule has 1 aromatic rings. The summed E-state index contributed by atoms with van der Waals surface area (Å²) >= 11 is 0. The lowest BCUT2D eigenvalue weighted by Crippen LogP contribution is -2.45. The van der Waals surface area contributed by atoms with Crippen molar-refractivity contribution in [3.63, 3.8) is 0 Å². The maximum absolute atomic E-state index is 4.72. The van der Waals surface area contributed by atoms with Gasteiger partial charge in [-0.3, -0.25) is 0 Å². The van der Waals surface area contributed by atoms with Crippen molar-refractivity contribution in [2.75, 3.05) is 6.54 Å². The van der Waals surface area contributed by atoms with E-state index in [4.69, 9.17) is 6.58 Å². The maximum Gasteiger partial charge on any atom is 0.0308 e. The molecule has 2 saturated carbocycles. The zero-order valence-electron chi connectivity index (χ0n) is 20.3. The molecule has 30 heavy (non-hydrogen) atoms. The van der Waals surface area contributed by atoms with E-state index in [1.54, 1.807) is 5.57 Å². The summed E-state index contributed by atoms with van der Waals surface area (Å²) in [6.07, 6.45) is 13.6. The average Bonchev–Trinajstić information content (AvgIpc) is 2.73. The molecule has 1 N–H and O–H groups in total. The molecule has 0 saturated heterocycles. The Labute approximate surface area is 187 Å². The zero-order valence-corrected chi connectivity index (χ0v) is 20.3. The molecule has 2 unspecified atom stereocenters. The van der Waals surface area contributed by atoms with Gasteiger partial charge >= 0.3 is 0 Å². The Balaban J connectivity index is 1.55. The SMILES string of the molecule is C=C(C1CC[C@@H]1C(C)CCc1ccc(C(C)C)cc1)[C@H](NCCC)C1CCCCC1. The second-order valence-electron chi connectivity index (χ2n) is 10.7. The summed E-state index contributed by atoms with van der Waals surface area (Å²) in [5.74, 6) is 3.84. The molecule has 0 bridgehead atoms. The van der Waals surface area contributed by atoms with Crippen LogP contribution in [-0.2, 0) is 6.42 Å². The van der Waals surface area contributed by atoms with E-state index in [2.05, 4.69) is 57.3 Å². The molecule has 0 heterocycles. The predicted molar refractivity (Wildman–Crippen MR) is 132 cm³/mol. The average molecular weight is 410 g/mol. The van der Waals surface area contributed by atoms with Crippen molar-refractivity contribution in [1.29, 1.82) is 0 Å². The lowest BCUT2D eigenvalue weighted by molar-refractivity contribution is 0.122. The highest BCUT2D eigenvalue weighted by atomic mass is 14.9. The molecule has 2 aliphatic carbocycles. The van der Waals surface area contributed by atoms with Crippen LogP contribution < -0.4 is 5.32 Å². The number of hydrogen-bond acceptors (Lipinski definition) is 1. The van der Waals surface area contributed by atoms with Gasteiger partial charge in [-0.1, -0.05) is 83.4 Å². The first-order valence-electron chi connectivity index (χ1n) is 13.0. The summed E-state index contributed by atoms with van der Waals surface area (Å²) in [5.41, 5.74) is 4.51. The van der Waals surface area contributed by atoms with E-state index < -0.39 is 0 Å². The van der Waals surface area contributed by atoms with Gasteiger partial charge in [0.15, 0.2) is 0 Å². The highest BCUT2D eigenvalue weighted by molar-refractivity contribution is 5.25. The first-order chi connectivity index (χ1) is 14.5. The molecule has 0 spiro atoms. The smallest absolute Gasteiger partial charge is 0.0308 e. The number of benzene rings is 1. The minimum Gasteiger partial charge on any atom is -0.310 e. The van der Waals surface area contributed by atoms with Gasteiger partial charge in [-0.05, 0) is 92.2 Å². The lowest BCUT2D eigenvalue weighted by atomic mass is 9.61. The lowest BCUT2D eigenvalue weighted by Gasteiger charge is -2.46. The minimum atomic E-state index is 0.564. The third-order valence-corrected chi connectivity index (χ3v) is 8.20. The standard InChI is InChI=1S/C29H47N/c1-6-20-30-29(26-10-8-7-9-11-26)23(5)28-19-18-27(28)22(4)12-13-24-14-16-25(17-15-24)21(2)3/h14-17,21-22,26-30H,5-13,18-20H2,1-4H3/t22?,27-,28?,29+/m1/s1. The first kappa shape index (κ1) is 23.6. The van der Waals surface area contributed by atoms with Crippen LogP contribution in [0.4, 0.5) is 0 Å². The van der Waals surface area contributed by atoms with Gasteiger partial charge in [0.1, 0.15) is 0 Å². The molecule has 2 aliphatic rings. The molecule has 0 aromatic heterocycles. The number of hydrogen-bond donors (Lipinski definition) is 1. The van der Waals surface area contributed by atoms with Gasteiger partial charge in [0, 0.05) is 6.04 Å². The molecule has 0 amide bonds. The van der Waals surface area contributed by atoms with Gasteiger partial charge in [0.05, 0.1) is 0 Å². The van der Waals surface area contributed by atoms with E-state index in [0.29, 0.717) is 12.0 Å². The van der Waals surface area contributed by atoms with Gasteiger partial charge in [-0.15, -0.1) is 0 Å². The highest BCUT2D eigenvalue weighted by Gasteiger charge is 2.40. The highest BCUT2D eigenvalue weighted by Crippen LogP contribution is 2.47. The Bertz CT molecular complexity index is 637. The molecule has 1 nitrogen and oxygen atoms in total. The molecule has 0 aliphatic heterocycles. The number of rotatable bonds is 11. The zero-order chi connectivity index (χ0) is 21.5. The van der Waals surface area contributed by atoms with Crippen LogP contribution in [0, 0.1) is 23.7 Å². The van der Waals surface area contributed by atoms with Crippen molar-refractivity contribution < 1.29 is 0 Å². The fourth-order valence-electron chi connectivity index (χ4n) is 5.94. The predicted octanol–water partition coefficient (Wildman–Crippen LogP) is 7.91. The maximum atomic E-state index is 4.72. The van der Waals surface area contributed by atoms with Crippen molar-refractivity contribution in [3.8, 4) is 0 Å². The quantitative estimate of drug-likeness (QED) is 0.366. The van der Waals surface area contributed by atoms with Gasteiger partial charge in [0.2, 0.25) is 0 Å². The van der Waals surface area contributed by atoms with Crippen LogP contribution in [0.2, 0.25) is 0 Å². The van der Waals surface area contributed by atoms with Crippen molar-refractivity contribution in [1.82, 2.24) is 5.32 Å². The molecule has 4 atom stereocenters. The van der Waals surface area contributed by atoms with Crippen LogP contribution in [0.15, 0.2) is 36.4 Å². The number of nitrogens with one attached hydrogen (secondary N) is 1. The summed E-state index contributed by atoms with van der Waals surface area (Å²) in [7, 11) is 0.